The fraction of sp³-hybridized carbons (Fsp3) is 1.00. The van der Waals surface area contributed by atoms with Crippen molar-refractivity contribution < 1.29 is 5.11 Å². The first-order valence-corrected chi connectivity index (χ1v) is 7.19. The summed E-state index contributed by atoms with van der Waals surface area (Å²) < 4.78 is 0. The van der Waals surface area contributed by atoms with Crippen molar-refractivity contribution in [1.29, 1.82) is 0 Å². The van der Waals surface area contributed by atoms with E-state index in [4.69, 9.17) is 0 Å². The fourth-order valence-electron chi connectivity index (χ4n) is 2.57. The lowest BCUT2D eigenvalue weighted by Crippen LogP contribution is -2.49. The van der Waals surface area contributed by atoms with E-state index in [1.807, 2.05) is 6.92 Å². The molecule has 0 radical (unpaired) electrons. The van der Waals surface area contributed by atoms with Crippen LogP contribution in [0, 0.1) is 5.92 Å². The second-order valence-electron chi connectivity index (χ2n) is 6.47. The first-order valence-electron chi connectivity index (χ1n) is 7.19. The van der Waals surface area contributed by atoms with Gasteiger partial charge in [0.2, 0.25) is 0 Å². The molecule has 0 aromatic heterocycles. The van der Waals surface area contributed by atoms with E-state index in [0.717, 1.165) is 19.1 Å². The molecule has 0 spiro atoms. The quantitative estimate of drug-likeness (QED) is 0.740. The maximum absolute atomic E-state index is 10.5. The van der Waals surface area contributed by atoms with Gasteiger partial charge in [0.15, 0.2) is 0 Å². The molecular weight excluding hydrogens is 212 g/mol. The Kier molecular flexibility index (Phi) is 4.11. The second-order valence-corrected chi connectivity index (χ2v) is 6.47. The maximum atomic E-state index is 10.5. The van der Waals surface area contributed by atoms with E-state index in [9.17, 15) is 5.11 Å². The molecule has 1 heterocycles. The van der Waals surface area contributed by atoms with Crippen LogP contribution in [0.5, 0.6) is 0 Å². The highest BCUT2D eigenvalue weighted by atomic mass is 16.3. The minimum atomic E-state index is -0.554. The normalized spacial score (nSPS) is 28.9. The number of nitrogens with zero attached hydrogens (tertiary/aromatic N) is 1. The average molecular weight is 240 g/mol. The first kappa shape index (κ1) is 13.3. The summed E-state index contributed by atoms with van der Waals surface area (Å²) >= 11 is 0. The van der Waals surface area contributed by atoms with E-state index in [-0.39, 0.29) is 0 Å². The molecule has 1 aliphatic carbocycles. The minimum absolute atomic E-state index is 0.320. The van der Waals surface area contributed by atoms with Gasteiger partial charge in [-0.2, -0.15) is 0 Å². The summed E-state index contributed by atoms with van der Waals surface area (Å²) in [4.78, 5) is 2.52. The van der Waals surface area contributed by atoms with E-state index in [0.29, 0.717) is 12.0 Å². The van der Waals surface area contributed by atoms with Crippen LogP contribution in [0.15, 0.2) is 0 Å². The molecule has 3 heteroatoms. The van der Waals surface area contributed by atoms with Gasteiger partial charge in [0.1, 0.15) is 0 Å². The smallest absolute Gasteiger partial charge is 0.0768 e. The lowest BCUT2D eigenvalue weighted by Gasteiger charge is -2.35. The topological polar surface area (TPSA) is 35.5 Å². The molecule has 2 aliphatic rings. The van der Waals surface area contributed by atoms with Crippen LogP contribution in [-0.2, 0) is 0 Å². The Morgan fingerprint density at radius 3 is 2.53 bits per heavy atom. The number of aliphatic hydroxyl groups is 1. The van der Waals surface area contributed by atoms with Gasteiger partial charge in [-0.1, -0.05) is 13.8 Å². The third-order valence-electron chi connectivity index (χ3n) is 4.45. The van der Waals surface area contributed by atoms with E-state index in [1.54, 1.807) is 0 Å². The van der Waals surface area contributed by atoms with E-state index < -0.39 is 5.60 Å². The Morgan fingerprint density at radius 1 is 1.35 bits per heavy atom. The minimum Gasteiger partial charge on any atom is -0.389 e. The van der Waals surface area contributed by atoms with Crippen molar-refractivity contribution in [2.75, 3.05) is 19.6 Å². The summed E-state index contributed by atoms with van der Waals surface area (Å²) in [5.41, 5.74) is -0.554. The number of rotatable bonds is 6. The van der Waals surface area contributed by atoms with Gasteiger partial charge in [-0.25, -0.2) is 0 Å². The van der Waals surface area contributed by atoms with Gasteiger partial charge in [-0.05, 0) is 45.1 Å². The highest BCUT2D eigenvalue weighted by Gasteiger charge is 2.36. The van der Waals surface area contributed by atoms with Crippen molar-refractivity contribution in [3.05, 3.63) is 0 Å². The molecule has 2 unspecified atom stereocenters. The molecule has 2 N–H and O–H groups in total. The number of hydrogen-bond acceptors (Lipinski definition) is 3. The van der Waals surface area contributed by atoms with Gasteiger partial charge in [0, 0.05) is 25.2 Å². The first-order chi connectivity index (χ1) is 7.99. The highest BCUT2D eigenvalue weighted by Crippen LogP contribution is 2.30. The van der Waals surface area contributed by atoms with Crippen LogP contribution in [0.4, 0.5) is 0 Å². The van der Waals surface area contributed by atoms with Crippen LogP contribution in [0.1, 0.15) is 46.5 Å². The van der Waals surface area contributed by atoms with E-state index in [1.165, 1.54) is 32.2 Å². The lowest BCUT2D eigenvalue weighted by molar-refractivity contribution is -0.0224. The molecule has 1 aliphatic heterocycles. The summed E-state index contributed by atoms with van der Waals surface area (Å²) in [7, 11) is 0. The highest BCUT2D eigenvalue weighted by molar-refractivity contribution is 4.92. The summed E-state index contributed by atoms with van der Waals surface area (Å²) in [6.07, 6.45) is 5.25. The molecule has 17 heavy (non-hydrogen) atoms. The molecule has 0 aromatic rings. The molecule has 3 nitrogen and oxygen atoms in total. The summed E-state index contributed by atoms with van der Waals surface area (Å²) in [6.45, 7) is 9.32. The molecule has 0 aromatic carbocycles. The zero-order valence-electron chi connectivity index (χ0n) is 11.6. The van der Waals surface area contributed by atoms with Crippen molar-refractivity contribution in [2.45, 2.75) is 64.1 Å². The van der Waals surface area contributed by atoms with Crippen LogP contribution < -0.4 is 5.32 Å². The molecule has 2 atom stereocenters. The van der Waals surface area contributed by atoms with Gasteiger partial charge in [0.05, 0.1) is 5.60 Å². The summed E-state index contributed by atoms with van der Waals surface area (Å²) in [6, 6.07) is 1.39. The molecule has 2 rings (SSSR count). The number of hydrogen-bond donors (Lipinski definition) is 2. The largest absolute Gasteiger partial charge is 0.389 e. The average Bonchev–Trinajstić information content (AvgIpc) is 2.97. The molecule has 100 valence electrons. The molecule has 0 amide bonds. The Bertz CT molecular complexity index is 243. The van der Waals surface area contributed by atoms with Crippen molar-refractivity contribution in [1.82, 2.24) is 10.2 Å². The molecule has 1 saturated carbocycles. The Balaban J connectivity index is 1.88. The zero-order chi connectivity index (χ0) is 12.5. The predicted molar refractivity (Wildman–Crippen MR) is 71.1 cm³/mol. The maximum Gasteiger partial charge on any atom is 0.0768 e. The van der Waals surface area contributed by atoms with Gasteiger partial charge in [-0.15, -0.1) is 0 Å². The van der Waals surface area contributed by atoms with Gasteiger partial charge in [-0.3, -0.25) is 4.90 Å². The third kappa shape index (κ3) is 3.67. The van der Waals surface area contributed by atoms with Crippen LogP contribution >= 0.6 is 0 Å². The molecule has 2 fully saturated rings. The Labute approximate surface area is 106 Å². The second kappa shape index (κ2) is 5.25. The number of nitrogens with one attached hydrogen (secondary N) is 1. The monoisotopic (exact) mass is 240 g/mol. The molecular formula is C14H28N2O. The molecule has 1 saturated heterocycles. The van der Waals surface area contributed by atoms with Gasteiger partial charge in [0.25, 0.3) is 0 Å². The lowest BCUT2D eigenvalue weighted by atomic mass is 9.91. The van der Waals surface area contributed by atoms with Crippen molar-refractivity contribution >= 4 is 0 Å². The standard InChI is InChI=1S/C14H28N2O/c1-11(2)14(3,17)10-16(13-6-7-13)9-12-5-4-8-15-12/h11-13,15,17H,4-10H2,1-3H3. The fourth-order valence-corrected chi connectivity index (χ4v) is 2.57. The SMILES string of the molecule is CC(C)C(C)(O)CN(CC1CCCN1)C1CC1. The van der Waals surface area contributed by atoms with E-state index in [2.05, 4.69) is 24.1 Å². The van der Waals surface area contributed by atoms with Gasteiger partial charge < -0.3 is 10.4 Å². The Morgan fingerprint density at radius 2 is 2.06 bits per heavy atom. The van der Waals surface area contributed by atoms with Crippen molar-refractivity contribution in [3.63, 3.8) is 0 Å². The van der Waals surface area contributed by atoms with Crippen LogP contribution in [-0.4, -0.2) is 47.3 Å². The van der Waals surface area contributed by atoms with Crippen LogP contribution in [0.3, 0.4) is 0 Å². The zero-order valence-corrected chi connectivity index (χ0v) is 11.6. The molecule has 0 bridgehead atoms. The van der Waals surface area contributed by atoms with Crippen molar-refractivity contribution in [2.24, 2.45) is 5.92 Å². The van der Waals surface area contributed by atoms with Crippen LogP contribution in [0.2, 0.25) is 0 Å². The van der Waals surface area contributed by atoms with Gasteiger partial charge >= 0.3 is 0 Å². The van der Waals surface area contributed by atoms with E-state index >= 15 is 0 Å². The summed E-state index contributed by atoms with van der Waals surface area (Å²) in [5.74, 6) is 0.320. The third-order valence-corrected chi connectivity index (χ3v) is 4.45. The summed E-state index contributed by atoms with van der Waals surface area (Å²) in [5, 5.41) is 14.0. The predicted octanol–water partition coefficient (Wildman–Crippen LogP) is 1.61. The van der Waals surface area contributed by atoms with Crippen molar-refractivity contribution in [3.8, 4) is 0 Å². The Hall–Kier alpha value is -0.120. The van der Waals surface area contributed by atoms with Crippen LogP contribution in [0.25, 0.3) is 0 Å².